The van der Waals surface area contributed by atoms with Gasteiger partial charge in [0.15, 0.2) is 0 Å². The smallest absolute Gasteiger partial charge is 0.0261 e. The molecule has 1 aliphatic carbocycles. The van der Waals surface area contributed by atoms with Crippen LogP contribution in [0.4, 0.5) is 0 Å². The van der Waals surface area contributed by atoms with Gasteiger partial charge in [-0.2, -0.15) is 0 Å². The molecule has 1 rings (SSSR count). The summed E-state index contributed by atoms with van der Waals surface area (Å²) in [5, 5.41) is 0. The quantitative estimate of drug-likeness (QED) is 0.542. The molecule has 0 aromatic rings. The Morgan fingerprint density at radius 1 is 1.25 bits per heavy atom. The molecule has 0 saturated heterocycles. The zero-order chi connectivity index (χ0) is 6.91. The number of rotatable bonds is 1. The SMILES string of the molecule is CC1(C)CCCC1NN.Cl.Cl.Cl. The van der Waals surface area contributed by atoms with E-state index in [-0.39, 0.29) is 37.2 Å². The maximum atomic E-state index is 5.36. The standard InChI is InChI=1S/C7H16N2.3ClH/c1-7(2)5-3-4-6(7)9-8;;;/h6,9H,3-5,8H2,1-2H3;3*1H. The molecule has 1 unspecified atom stereocenters. The van der Waals surface area contributed by atoms with E-state index in [4.69, 9.17) is 5.84 Å². The molecule has 3 N–H and O–H groups in total. The van der Waals surface area contributed by atoms with Crippen LogP contribution in [0.3, 0.4) is 0 Å². The molecule has 1 fully saturated rings. The lowest BCUT2D eigenvalue weighted by molar-refractivity contribution is 0.287. The van der Waals surface area contributed by atoms with Crippen LogP contribution >= 0.6 is 37.2 Å². The van der Waals surface area contributed by atoms with Crippen molar-refractivity contribution in [2.45, 2.75) is 39.2 Å². The van der Waals surface area contributed by atoms with E-state index in [0.717, 1.165) is 0 Å². The number of nitrogens with one attached hydrogen (secondary N) is 1. The van der Waals surface area contributed by atoms with Gasteiger partial charge in [0.1, 0.15) is 0 Å². The highest BCUT2D eigenvalue weighted by Gasteiger charge is 2.33. The van der Waals surface area contributed by atoms with Crippen molar-refractivity contribution in [3.63, 3.8) is 0 Å². The minimum absolute atomic E-state index is 0. The van der Waals surface area contributed by atoms with Crippen LogP contribution in [0.25, 0.3) is 0 Å². The zero-order valence-corrected chi connectivity index (χ0v) is 9.95. The third-order valence-electron chi connectivity index (χ3n) is 2.46. The summed E-state index contributed by atoms with van der Waals surface area (Å²) < 4.78 is 0. The first kappa shape index (κ1) is 18.5. The van der Waals surface area contributed by atoms with Crippen LogP contribution in [-0.2, 0) is 0 Å². The normalized spacial score (nSPS) is 24.8. The first-order valence-corrected chi connectivity index (χ1v) is 3.63. The van der Waals surface area contributed by atoms with Gasteiger partial charge in [0.25, 0.3) is 0 Å². The van der Waals surface area contributed by atoms with Gasteiger partial charge in [0.2, 0.25) is 0 Å². The zero-order valence-electron chi connectivity index (χ0n) is 7.50. The van der Waals surface area contributed by atoms with Crippen molar-refractivity contribution in [1.29, 1.82) is 0 Å². The Morgan fingerprint density at radius 3 is 1.92 bits per heavy atom. The fraction of sp³-hybridized carbons (Fsp3) is 1.00. The maximum Gasteiger partial charge on any atom is 0.0261 e. The molecule has 0 aromatic heterocycles. The molecule has 0 radical (unpaired) electrons. The lowest BCUT2D eigenvalue weighted by atomic mass is 9.88. The summed E-state index contributed by atoms with van der Waals surface area (Å²) in [4.78, 5) is 0. The summed E-state index contributed by atoms with van der Waals surface area (Å²) in [6.45, 7) is 4.54. The van der Waals surface area contributed by atoms with Gasteiger partial charge in [-0.1, -0.05) is 20.3 Å². The van der Waals surface area contributed by atoms with Crippen molar-refractivity contribution < 1.29 is 0 Å². The summed E-state index contributed by atoms with van der Waals surface area (Å²) in [6, 6.07) is 0.539. The van der Waals surface area contributed by atoms with Crippen molar-refractivity contribution in [2.75, 3.05) is 0 Å². The summed E-state index contributed by atoms with van der Waals surface area (Å²) in [5.74, 6) is 5.36. The monoisotopic (exact) mass is 236 g/mol. The summed E-state index contributed by atoms with van der Waals surface area (Å²) >= 11 is 0. The fourth-order valence-electron chi connectivity index (χ4n) is 1.64. The van der Waals surface area contributed by atoms with Crippen LogP contribution < -0.4 is 11.3 Å². The van der Waals surface area contributed by atoms with Crippen molar-refractivity contribution in [1.82, 2.24) is 5.43 Å². The topological polar surface area (TPSA) is 38.0 Å². The van der Waals surface area contributed by atoms with E-state index >= 15 is 0 Å². The van der Waals surface area contributed by atoms with Gasteiger partial charge in [-0.3, -0.25) is 11.3 Å². The number of halogens is 3. The Bertz CT molecular complexity index is 109. The van der Waals surface area contributed by atoms with Gasteiger partial charge in [-0.05, 0) is 18.3 Å². The average molecular weight is 238 g/mol. The molecule has 1 atom stereocenters. The molecule has 2 nitrogen and oxygen atoms in total. The summed E-state index contributed by atoms with van der Waals surface area (Å²) in [6.07, 6.45) is 3.87. The van der Waals surface area contributed by atoms with Gasteiger partial charge in [0.05, 0.1) is 0 Å². The molecule has 0 amide bonds. The lowest BCUT2D eigenvalue weighted by Gasteiger charge is -2.25. The first-order chi connectivity index (χ1) is 4.17. The highest BCUT2D eigenvalue weighted by molar-refractivity contribution is 5.86. The lowest BCUT2D eigenvalue weighted by Crippen LogP contribution is -2.41. The fourth-order valence-corrected chi connectivity index (χ4v) is 1.64. The molecule has 0 aliphatic heterocycles. The highest BCUT2D eigenvalue weighted by atomic mass is 35.5. The van der Waals surface area contributed by atoms with E-state index in [0.29, 0.717) is 11.5 Å². The van der Waals surface area contributed by atoms with E-state index in [2.05, 4.69) is 19.3 Å². The number of hydrogen-bond donors (Lipinski definition) is 2. The molecule has 0 bridgehead atoms. The first-order valence-electron chi connectivity index (χ1n) is 3.63. The third-order valence-corrected chi connectivity index (χ3v) is 2.46. The predicted molar refractivity (Wildman–Crippen MR) is 60.5 cm³/mol. The molecule has 12 heavy (non-hydrogen) atoms. The van der Waals surface area contributed by atoms with Crippen LogP contribution in [0, 0.1) is 5.41 Å². The second-order valence-electron chi connectivity index (χ2n) is 3.60. The van der Waals surface area contributed by atoms with Crippen LogP contribution in [-0.4, -0.2) is 6.04 Å². The molecule has 0 spiro atoms. The van der Waals surface area contributed by atoms with Crippen molar-refractivity contribution >= 4 is 37.2 Å². The molecular weight excluding hydrogens is 218 g/mol. The van der Waals surface area contributed by atoms with Gasteiger partial charge >= 0.3 is 0 Å². The molecule has 1 aliphatic rings. The largest absolute Gasteiger partial charge is 0.271 e. The summed E-state index contributed by atoms with van der Waals surface area (Å²) in [7, 11) is 0. The Morgan fingerprint density at radius 2 is 1.75 bits per heavy atom. The number of hydrazine groups is 1. The molecule has 0 aromatic carbocycles. The highest BCUT2D eigenvalue weighted by Crippen LogP contribution is 2.36. The molecule has 0 heterocycles. The van der Waals surface area contributed by atoms with Gasteiger partial charge in [-0.25, -0.2) is 0 Å². The number of nitrogens with two attached hydrogens (primary N) is 1. The summed E-state index contributed by atoms with van der Waals surface area (Å²) in [5.41, 5.74) is 3.28. The van der Waals surface area contributed by atoms with Crippen LogP contribution in [0.5, 0.6) is 0 Å². The molecule has 1 saturated carbocycles. The Balaban J connectivity index is -0.000000270. The van der Waals surface area contributed by atoms with Crippen molar-refractivity contribution in [2.24, 2.45) is 11.3 Å². The van der Waals surface area contributed by atoms with E-state index in [9.17, 15) is 0 Å². The number of hydrogen-bond acceptors (Lipinski definition) is 2. The molecule has 5 heteroatoms. The molecular formula is C7H19Cl3N2. The minimum Gasteiger partial charge on any atom is -0.271 e. The predicted octanol–water partition coefficient (Wildman–Crippen LogP) is 2.29. The van der Waals surface area contributed by atoms with E-state index in [1.54, 1.807) is 0 Å². The van der Waals surface area contributed by atoms with Gasteiger partial charge in [0, 0.05) is 6.04 Å². The second-order valence-corrected chi connectivity index (χ2v) is 3.60. The Kier molecular flexibility index (Phi) is 11.2. The minimum atomic E-state index is 0. The van der Waals surface area contributed by atoms with E-state index < -0.39 is 0 Å². The van der Waals surface area contributed by atoms with Crippen LogP contribution in [0.15, 0.2) is 0 Å². The van der Waals surface area contributed by atoms with Crippen molar-refractivity contribution in [3.8, 4) is 0 Å². The van der Waals surface area contributed by atoms with Crippen LogP contribution in [0.2, 0.25) is 0 Å². The Hall–Kier alpha value is 0.790. The Labute approximate surface area is 93.2 Å². The van der Waals surface area contributed by atoms with E-state index in [1.165, 1.54) is 19.3 Å². The van der Waals surface area contributed by atoms with Gasteiger partial charge in [-0.15, -0.1) is 37.2 Å². The average Bonchev–Trinajstić information content (AvgIpc) is 2.08. The van der Waals surface area contributed by atoms with Crippen LogP contribution in [0.1, 0.15) is 33.1 Å². The maximum absolute atomic E-state index is 5.36. The van der Waals surface area contributed by atoms with Crippen molar-refractivity contribution in [3.05, 3.63) is 0 Å². The molecule has 78 valence electrons. The van der Waals surface area contributed by atoms with E-state index in [1.807, 2.05) is 0 Å². The van der Waals surface area contributed by atoms with Gasteiger partial charge < -0.3 is 0 Å². The third kappa shape index (κ3) is 4.15. The second kappa shape index (κ2) is 7.22.